The number of aryl methyl sites for hydroxylation is 1. The summed E-state index contributed by atoms with van der Waals surface area (Å²) in [6.45, 7) is 4.35. The van der Waals surface area contributed by atoms with Gasteiger partial charge in [-0.25, -0.2) is 4.39 Å². The number of benzene rings is 2. The number of hydrogen-bond acceptors (Lipinski definition) is 4. The molecule has 0 aliphatic rings. The molecule has 0 saturated carbocycles. The van der Waals surface area contributed by atoms with Crippen molar-refractivity contribution >= 4 is 11.6 Å². The number of nitrogens with zero attached hydrogens (tertiary/aromatic N) is 2. The second-order valence-electron chi connectivity index (χ2n) is 6.07. The van der Waals surface area contributed by atoms with Gasteiger partial charge in [-0.3, -0.25) is 4.79 Å². The Bertz CT molecular complexity index is 999. The second kappa shape index (κ2) is 7.39. The number of halogens is 1. The molecule has 0 bridgehead atoms. The molecule has 6 heteroatoms. The fourth-order valence-electron chi connectivity index (χ4n) is 2.67. The summed E-state index contributed by atoms with van der Waals surface area (Å²) < 4.78 is 20.3. The van der Waals surface area contributed by atoms with E-state index in [1.807, 2.05) is 38.1 Å². The third kappa shape index (κ3) is 3.74. The number of methoxy groups -OCH3 is 1. The molecule has 0 fully saturated rings. The normalized spacial score (nSPS) is 10.6. The van der Waals surface area contributed by atoms with Crippen molar-refractivity contribution in [3.05, 3.63) is 81.5 Å². The van der Waals surface area contributed by atoms with Gasteiger partial charge in [0.25, 0.3) is 0 Å². The Kier molecular flexibility index (Phi) is 5.02. The van der Waals surface area contributed by atoms with Gasteiger partial charge in [0, 0.05) is 5.69 Å². The first kappa shape index (κ1) is 17.7. The minimum absolute atomic E-state index is 0.132. The molecule has 1 heterocycles. The highest BCUT2D eigenvalue weighted by Gasteiger charge is 2.11. The van der Waals surface area contributed by atoms with Crippen LogP contribution in [-0.2, 0) is 6.54 Å². The lowest BCUT2D eigenvalue weighted by atomic mass is 10.1. The Morgan fingerprint density at radius 1 is 1.19 bits per heavy atom. The quantitative estimate of drug-likeness (QED) is 0.758. The van der Waals surface area contributed by atoms with Gasteiger partial charge >= 0.3 is 5.56 Å². The summed E-state index contributed by atoms with van der Waals surface area (Å²) in [5, 5.41) is 3.21. The van der Waals surface area contributed by atoms with E-state index >= 15 is 0 Å². The highest BCUT2D eigenvalue weighted by molar-refractivity contribution is 5.60. The smallest absolute Gasteiger partial charge is 0.316 e. The van der Waals surface area contributed by atoms with Gasteiger partial charge in [0.2, 0.25) is 11.7 Å². The van der Waals surface area contributed by atoms with Gasteiger partial charge in [0.1, 0.15) is 5.82 Å². The van der Waals surface area contributed by atoms with Gasteiger partial charge < -0.3 is 14.6 Å². The molecule has 0 unspecified atom stereocenters. The molecule has 0 atom stereocenters. The number of nitrogens with one attached hydrogen (secondary N) is 1. The summed E-state index contributed by atoms with van der Waals surface area (Å²) in [6, 6.07) is 12.2. The predicted molar refractivity (Wildman–Crippen MR) is 99.7 cm³/mol. The third-order valence-electron chi connectivity index (χ3n) is 4.28. The average molecular weight is 353 g/mol. The summed E-state index contributed by atoms with van der Waals surface area (Å²) in [6.07, 6.45) is 1.58. The molecular formula is C20H20FN3O2. The van der Waals surface area contributed by atoms with Crippen LogP contribution < -0.4 is 15.6 Å². The van der Waals surface area contributed by atoms with Gasteiger partial charge in [-0.15, -0.1) is 0 Å². The predicted octanol–water partition coefficient (Wildman–Crippen LogP) is 3.80. The summed E-state index contributed by atoms with van der Waals surface area (Å²) in [4.78, 5) is 16.2. The number of aromatic nitrogens is 2. The lowest BCUT2D eigenvalue weighted by Gasteiger charge is -2.17. The molecule has 0 spiro atoms. The van der Waals surface area contributed by atoms with Crippen molar-refractivity contribution in [1.82, 2.24) is 9.55 Å². The van der Waals surface area contributed by atoms with Crippen LogP contribution in [0, 0.1) is 19.7 Å². The van der Waals surface area contributed by atoms with E-state index in [9.17, 15) is 9.18 Å². The first-order valence-electron chi connectivity index (χ1n) is 8.21. The molecule has 26 heavy (non-hydrogen) atoms. The maximum absolute atomic E-state index is 13.5. The molecule has 3 aromatic rings. The molecule has 0 radical (unpaired) electrons. The van der Waals surface area contributed by atoms with Crippen LogP contribution in [0.2, 0.25) is 0 Å². The first-order valence-corrected chi connectivity index (χ1v) is 8.21. The number of ether oxygens (including phenoxy) is 1. The summed E-state index contributed by atoms with van der Waals surface area (Å²) >= 11 is 0. The molecule has 0 saturated heterocycles. The van der Waals surface area contributed by atoms with Crippen LogP contribution in [0.1, 0.15) is 16.7 Å². The Morgan fingerprint density at radius 2 is 1.96 bits per heavy atom. The van der Waals surface area contributed by atoms with Crippen LogP contribution in [0.4, 0.5) is 16.0 Å². The molecule has 2 aromatic carbocycles. The first-order chi connectivity index (χ1) is 12.5. The van der Waals surface area contributed by atoms with Crippen molar-refractivity contribution in [2.24, 2.45) is 0 Å². The zero-order chi connectivity index (χ0) is 18.7. The Labute approximate surface area is 151 Å². The maximum atomic E-state index is 13.5. The van der Waals surface area contributed by atoms with Crippen LogP contribution in [0.3, 0.4) is 0 Å². The van der Waals surface area contributed by atoms with Gasteiger partial charge in [-0.1, -0.05) is 24.3 Å². The summed E-state index contributed by atoms with van der Waals surface area (Å²) in [7, 11) is 1.42. The highest BCUT2D eigenvalue weighted by atomic mass is 19.1. The van der Waals surface area contributed by atoms with Crippen molar-refractivity contribution in [3.63, 3.8) is 0 Å². The number of rotatable bonds is 5. The van der Waals surface area contributed by atoms with Gasteiger partial charge in [0.15, 0.2) is 0 Å². The fourth-order valence-corrected chi connectivity index (χ4v) is 2.67. The van der Waals surface area contributed by atoms with Crippen molar-refractivity contribution in [1.29, 1.82) is 0 Å². The van der Waals surface area contributed by atoms with E-state index < -0.39 is 5.56 Å². The molecule has 0 amide bonds. The largest absolute Gasteiger partial charge is 0.490 e. The minimum atomic E-state index is -0.462. The van der Waals surface area contributed by atoms with Crippen LogP contribution in [0.25, 0.3) is 0 Å². The van der Waals surface area contributed by atoms with E-state index in [0.29, 0.717) is 12.5 Å². The van der Waals surface area contributed by atoms with Gasteiger partial charge in [-0.2, -0.15) is 4.98 Å². The Hall–Kier alpha value is -3.15. The summed E-state index contributed by atoms with van der Waals surface area (Å²) in [5.74, 6) is 0.189. The van der Waals surface area contributed by atoms with Gasteiger partial charge in [-0.05, 0) is 48.7 Å². The molecule has 0 aliphatic heterocycles. The lowest BCUT2D eigenvalue weighted by Crippen LogP contribution is -2.19. The van der Waals surface area contributed by atoms with Gasteiger partial charge in [0.05, 0.1) is 19.9 Å². The molecule has 1 aromatic heterocycles. The van der Waals surface area contributed by atoms with Crippen LogP contribution in [-0.4, -0.2) is 16.7 Å². The number of hydrogen-bond donors (Lipinski definition) is 1. The molecule has 134 valence electrons. The van der Waals surface area contributed by atoms with E-state index in [-0.39, 0.29) is 11.6 Å². The van der Waals surface area contributed by atoms with Crippen molar-refractivity contribution in [2.75, 3.05) is 12.4 Å². The molecule has 0 aliphatic carbocycles. The van der Waals surface area contributed by atoms with E-state index in [2.05, 4.69) is 10.3 Å². The SMILES string of the molecule is COc1cn(Cc2cccc(F)c2)c(Nc2cccc(C)c2C)nc1=O. The van der Waals surface area contributed by atoms with Crippen molar-refractivity contribution < 1.29 is 9.13 Å². The average Bonchev–Trinajstić information content (AvgIpc) is 2.61. The van der Waals surface area contributed by atoms with Crippen LogP contribution in [0.5, 0.6) is 5.75 Å². The van der Waals surface area contributed by atoms with E-state index in [1.54, 1.807) is 16.8 Å². The van der Waals surface area contributed by atoms with E-state index in [1.165, 1.54) is 19.2 Å². The molecule has 3 rings (SSSR count). The van der Waals surface area contributed by atoms with Crippen LogP contribution >= 0.6 is 0 Å². The fraction of sp³-hybridized carbons (Fsp3) is 0.200. The van der Waals surface area contributed by atoms with E-state index in [0.717, 1.165) is 22.4 Å². The highest BCUT2D eigenvalue weighted by Crippen LogP contribution is 2.22. The second-order valence-corrected chi connectivity index (χ2v) is 6.07. The number of anilines is 2. The topological polar surface area (TPSA) is 56.1 Å². The zero-order valence-corrected chi connectivity index (χ0v) is 14.9. The lowest BCUT2D eigenvalue weighted by molar-refractivity contribution is 0.402. The van der Waals surface area contributed by atoms with E-state index in [4.69, 9.17) is 4.74 Å². The minimum Gasteiger partial charge on any atom is -0.490 e. The van der Waals surface area contributed by atoms with Crippen LogP contribution in [0.15, 0.2) is 53.5 Å². The summed E-state index contributed by atoms with van der Waals surface area (Å²) in [5.41, 5.74) is 3.34. The Morgan fingerprint density at radius 3 is 2.69 bits per heavy atom. The zero-order valence-electron chi connectivity index (χ0n) is 14.9. The monoisotopic (exact) mass is 353 g/mol. The van der Waals surface area contributed by atoms with Crippen molar-refractivity contribution in [2.45, 2.75) is 20.4 Å². The molecule has 1 N–H and O–H groups in total. The Balaban J connectivity index is 2.04. The standard InChI is InChI=1S/C20H20FN3O2/c1-13-6-4-9-17(14(13)2)22-20-23-19(25)18(26-3)12-24(20)11-15-7-5-8-16(21)10-15/h4-10,12H,11H2,1-3H3,(H,22,23,25). The maximum Gasteiger partial charge on any atom is 0.316 e. The van der Waals surface area contributed by atoms with Crippen molar-refractivity contribution in [3.8, 4) is 5.75 Å². The molecular weight excluding hydrogens is 333 g/mol. The molecule has 5 nitrogen and oxygen atoms in total. The third-order valence-corrected chi connectivity index (χ3v) is 4.28.